The van der Waals surface area contributed by atoms with E-state index in [1.54, 1.807) is 0 Å². The van der Waals surface area contributed by atoms with Crippen LogP contribution in [0.2, 0.25) is 0 Å². The summed E-state index contributed by atoms with van der Waals surface area (Å²) in [7, 11) is 0. The van der Waals surface area contributed by atoms with Gasteiger partial charge in [0.15, 0.2) is 5.79 Å². The van der Waals surface area contributed by atoms with Crippen LogP contribution in [0.3, 0.4) is 0 Å². The van der Waals surface area contributed by atoms with Crippen LogP contribution in [-0.2, 0) is 14.3 Å². The summed E-state index contributed by atoms with van der Waals surface area (Å²) in [5.74, 6) is 1.12. The minimum absolute atomic E-state index is 0.0505. The summed E-state index contributed by atoms with van der Waals surface area (Å²) in [6.45, 7) is 9.62. The van der Waals surface area contributed by atoms with Crippen LogP contribution < -0.4 is 0 Å². The molecule has 0 spiro atoms. The van der Waals surface area contributed by atoms with Gasteiger partial charge in [0.2, 0.25) is 0 Å². The molecule has 0 aromatic heterocycles. The van der Waals surface area contributed by atoms with E-state index in [4.69, 9.17) is 9.47 Å². The highest BCUT2D eigenvalue weighted by Crippen LogP contribution is 2.45. The topological polar surface area (TPSA) is 35.5 Å². The van der Waals surface area contributed by atoms with Crippen LogP contribution in [0.15, 0.2) is 0 Å². The maximum absolute atomic E-state index is 12.3. The van der Waals surface area contributed by atoms with Crippen LogP contribution in [-0.4, -0.2) is 24.8 Å². The Bertz CT molecular complexity index is 302. The molecule has 0 aliphatic carbocycles. The van der Waals surface area contributed by atoms with Crippen LogP contribution in [0.1, 0.15) is 40.5 Å². The lowest BCUT2D eigenvalue weighted by Gasteiger charge is -2.38. The van der Waals surface area contributed by atoms with Crippen molar-refractivity contribution in [1.82, 2.24) is 0 Å². The lowest BCUT2D eigenvalue weighted by molar-refractivity contribution is -0.231. The van der Waals surface area contributed by atoms with Gasteiger partial charge in [0.25, 0.3) is 0 Å². The van der Waals surface area contributed by atoms with Crippen molar-refractivity contribution in [2.75, 3.05) is 13.2 Å². The van der Waals surface area contributed by atoms with Gasteiger partial charge in [0, 0.05) is 24.2 Å². The maximum Gasteiger partial charge on any atom is 0.168 e. The van der Waals surface area contributed by atoms with Crippen LogP contribution >= 0.6 is 0 Å². The molecule has 0 N–H and O–H groups in total. The van der Waals surface area contributed by atoms with Gasteiger partial charge in [-0.05, 0) is 12.8 Å². The summed E-state index contributed by atoms with van der Waals surface area (Å²) in [5.41, 5.74) is 0. The molecule has 2 rings (SSSR count). The van der Waals surface area contributed by atoms with Crippen molar-refractivity contribution in [3.8, 4) is 0 Å². The van der Waals surface area contributed by atoms with E-state index in [0.717, 1.165) is 6.42 Å². The number of ether oxygens (including phenoxy) is 2. The SMILES string of the molecule is CC[C@H](C)CC(=O)[C@H]1CO[C@]2(C)OC[C@H]1[C@H]2C. The third kappa shape index (κ3) is 2.27. The lowest BCUT2D eigenvalue weighted by Crippen LogP contribution is -2.46. The number of Topliss-reactive ketones (excluding diaryl/α,β-unsaturated/α-hetero) is 1. The Balaban J connectivity index is 2.01. The summed E-state index contributed by atoms with van der Waals surface area (Å²) in [4.78, 5) is 12.3. The van der Waals surface area contributed by atoms with E-state index in [9.17, 15) is 4.79 Å². The Kier molecular flexibility index (Phi) is 3.60. The van der Waals surface area contributed by atoms with Crippen molar-refractivity contribution in [1.29, 1.82) is 0 Å². The van der Waals surface area contributed by atoms with Crippen molar-refractivity contribution in [2.24, 2.45) is 23.7 Å². The molecule has 2 aliphatic rings. The fourth-order valence-electron chi connectivity index (χ4n) is 2.91. The quantitative estimate of drug-likeness (QED) is 0.758. The molecule has 17 heavy (non-hydrogen) atoms. The van der Waals surface area contributed by atoms with Gasteiger partial charge in [-0.1, -0.05) is 27.2 Å². The highest BCUT2D eigenvalue weighted by Gasteiger charge is 2.53. The first-order valence-corrected chi connectivity index (χ1v) is 6.78. The second kappa shape index (κ2) is 4.69. The van der Waals surface area contributed by atoms with E-state index in [1.165, 1.54) is 0 Å². The second-order valence-electron chi connectivity index (χ2n) is 5.88. The molecule has 3 nitrogen and oxygen atoms in total. The molecule has 2 saturated heterocycles. The molecule has 0 aromatic rings. The Morgan fingerprint density at radius 3 is 2.71 bits per heavy atom. The van der Waals surface area contributed by atoms with Crippen molar-refractivity contribution in [3.05, 3.63) is 0 Å². The van der Waals surface area contributed by atoms with Gasteiger partial charge >= 0.3 is 0 Å². The highest BCUT2D eigenvalue weighted by atomic mass is 16.7. The van der Waals surface area contributed by atoms with Crippen LogP contribution in [0.5, 0.6) is 0 Å². The van der Waals surface area contributed by atoms with Crippen LogP contribution in [0.25, 0.3) is 0 Å². The summed E-state index contributed by atoms with van der Waals surface area (Å²) in [6.07, 6.45) is 1.75. The zero-order chi connectivity index (χ0) is 12.6. The molecule has 2 fully saturated rings. The number of fused-ring (bicyclic) bond motifs is 2. The number of hydrogen-bond donors (Lipinski definition) is 0. The Hall–Kier alpha value is -0.410. The van der Waals surface area contributed by atoms with Gasteiger partial charge in [-0.15, -0.1) is 0 Å². The summed E-state index contributed by atoms with van der Waals surface area (Å²) >= 11 is 0. The number of carbonyl (C=O) groups is 1. The Morgan fingerprint density at radius 1 is 1.41 bits per heavy atom. The van der Waals surface area contributed by atoms with Gasteiger partial charge in [-0.25, -0.2) is 0 Å². The summed E-state index contributed by atoms with van der Waals surface area (Å²) in [6, 6.07) is 0. The molecule has 0 saturated carbocycles. The fraction of sp³-hybridized carbons (Fsp3) is 0.929. The molecular formula is C14H24O3. The van der Waals surface area contributed by atoms with E-state index in [1.807, 2.05) is 6.92 Å². The summed E-state index contributed by atoms with van der Waals surface area (Å²) < 4.78 is 11.5. The standard InChI is InChI=1S/C14H24O3/c1-5-9(2)6-13(15)12-8-17-14(4)10(3)11(12)7-16-14/h9-12H,5-8H2,1-4H3/t9-,10+,11-,12-,14-/m0/s1. The van der Waals surface area contributed by atoms with Crippen LogP contribution in [0, 0.1) is 23.7 Å². The van der Waals surface area contributed by atoms with Gasteiger partial charge in [-0.3, -0.25) is 4.79 Å². The second-order valence-corrected chi connectivity index (χ2v) is 5.88. The van der Waals surface area contributed by atoms with E-state index >= 15 is 0 Å². The molecule has 98 valence electrons. The number of hydrogen-bond acceptors (Lipinski definition) is 3. The van der Waals surface area contributed by atoms with Crippen molar-refractivity contribution < 1.29 is 14.3 Å². The number of rotatable bonds is 4. The minimum atomic E-state index is -0.447. The molecule has 0 radical (unpaired) electrons. The maximum atomic E-state index is 12.3. The number of ketones is 1. The molecular weight excluding hydrogens is 216 g/mol. The smallest absolute Gasteiger partial charge is 0.168 e. The Morgan fingerprint density at radius 2 is 2.06 bits per heavy atom. The van der Waals surface area contributed by atoms with E-state index < -0.39 is 5.79 Å². The normalized spacial score (nSPS) is 42.5. The third-order valence-electron chi connectivity index (χ3n) is 4.76. The van der Waals surface area contributed by atoms with E-state index in [0.29, 0.717) is 43.2 Å². The zero-order valence-corrected chi connectivity index (χ0v) is 11.4. The molecule has 0 amide bonds. The molecule has 0 unspecified atom stereocenters. The van der Waals surface area contributed by atoms with Gasteiger partial charge in [-0.2, -0.15) is 0 Å². The first-order valence-electron chi connectivity index (χ1n) is 6.78. The minimum Gasteiger partial charge on any atom is -0.350 e. The third-order valence-corrected chi connectivity index (χ3v) is 4.76. The zero-order valence-electron chi connectivity index (χ0n) is 11.4. The highest BCUT2D eigenvalue weighted by molar-refractivity contribution is 5.81. The monoisotopic (exact) mass is 240 g/mol. The first kappa shape index (κ1) is 13.0. The molecule has 5 atom stereocenters. The predicted octanol–water partition coefficient (Wildman–Crippen LogP) is 2.64. The summed E-state index contributed by atoms with van der Waals surface area (Å²) in [5, 5.41) is 0. The molecule has 2 heterocycles. The Labute approximate surface area is 104 Å². The van der Waals surface area contributed by atoms with E-state index in [2.05, 4.69) is 20.8 Å². The van der Waals surface area contributed by atoms with Gasteiger partial charge < -0.3 is 9.47 Å². The largest absolute Gasteiger partial charge is 0.350 e. The average Bonchev–Trinajstić information content (AvgIpc) is 2.50. The van der Waals surface area contributed by atoms with Gasteiger partial charge in [0.1, 0.15) is 5.78 Å². The van der Waals surface area contributed by atoms with Gasteiger partial charge in [0.05, 0.1) is 13.2 Å². The number of carbonyl (C=O) groups excluding carboxylic acids is 1. The first-order chi connectivity index (χ1) is 7.98. The van der Waals surface area contributed by atoms with Crippen LogP contribution in [0.4, 0.5) is 0 Å². The van der Waals surface area contributed by atoms with Crippen molar-refractivity contribution in [3.63, 3.8) is 0 Å². The van der Waals surface area contributed by atoms with Crippen molar-refractivity contribution >= 4 is 5.78 Å². The van der Waals surface area contributed by atoms with E-state index in [-0.39, 0.29) is 5.92 Å². The fourth-order valence-corrected chi connectivity index (χ4v) is 2.91. The molecule has 3 heteroatoms. The molecule has 0 aromatic carbocycles. The molecule has 2 bridgehead atoms. The predicted molar refractivity (Wildman–Crippen MR) is 65.5 cm³/mol. The lowest BCUT2D eigenvalue weighted by atomic mass is 9.76. The average molecular weight is 240 g/mol. The van der Waals surface area contributed by atoms with Crippen molar-refractivity contribution in [2.45, 2.75) is 46.3 Å². The molecule has 2 aliphatic heterocycles.